The minimum Gasteiger partial charge on any atom is -0.106 e. The van der Waals surface area contributed by atoms with E-state index in [9.17, 15) is 0 Å². The van der Waals surface area contributed by atoms with E-state index in [2.05, 4.69) is 19.6 Å². The van der Waals surface area contributed by atoms with Crippen molar-refractivity contribution in [3.05, 3.63) is 0 Å². The molecule has 0 spiro atoms. The van der Waals surface area contributed by atoms with Gasteiger partial charge in [0.25, 0.3) is 14.1 Å². The third-order valence-electron chi connectivity index (χ3n) is 1.48. The van der Waals surface area contributed by atoms with E-state index < -0.39 is 0 Å². The molecule has 0 aliphatic heterocycles. The molecule has 42 valence electrons. The summed E-state index contributed by atoms with van der Waals surface area (Å²) in [6, 6.07) is 0. The van der Waals surface area contributed by atoms with Crippen molar-refractivity contribution in [1.29, 1.82) is 0 Å². The summed E-state index contributed by atoms with van der Waals surface area (Å²) in [4.78, 5) is 0. The molecule has 0 N–H and O–H groups in total. The van der Waals surface area contributed by atoms with Gasteiger partial charge in [-0.3, -0.25) is 0 Å². The number of hydrogen-bond donors (Lipinski definition) is 0. The molecule has 0 aliphatic rings. The van der Waals surface area contributed by atoms with Crippen LogP contribution in [0, 0.1) is 0 Å². The van der Waals surface area contributed by atoms with Crippen LogP contribution in [-0.4, -0.2) is 14.1 Å². The lowest BCUT2D eigenvalue weighted by Crippen LogP contribution is -2.01. The topological polar surface area (TPSA) is 0 Å². The Morgan fingerprint density at radius 3 is 2.00 bits per heavy atom. The van der Waals surface area contributed by atoms with Crippen LogP contribution < -0.4 is 0 Å². The maximum Gasteiger partial charge on any atom is 0.258 e. The van der Waals surface area contributed by atoms with Gasteiger partial charge in [0, 0.05) is 0 Å². The van der Waals surface area contributed by atoms with Crippen molar-refractivity contribution in [2.24, 2.45) is 0 Å². The highest BCUT2D eigenvalue weighted by Gasteiger charge is 2.02. The lowest BCUT2D eigenvalue weighted by molar-refractivity contribution is 1.05. The van der Waals surface area contributed by atoms with Crippen LogP contribution in [-0.2, 0) is 0 Å². The first kappa shape index (κ1) is 7.53. The van der Waals surface area contributed by atoms with E-state index in [1.54, 1.807) is 0 Å². The molecule has 1 heteroatoms. The van der Waals surface area contributed by atoms with E-state index >= 15 is 0 Å². The Hall–Kier alpha value is 0.532. The van der Waals surface area contributed by atoms with Gasteiger partial charge in [0.2, 0.25) is 0 Å². The zero-order chi connectivity index (χ0) is 5.70. The molecule has 0 aromatic rings. The van der Waals surface area contributed by atoms with Crippen molar-refractivity contribution < 1.29 is 0 Å². The minimum absolute atomic E-state index is 0.181. The SMILES string of the molecule is CC[CH2][Al]([CH3])[CH2]C. The van der Waals surface area contributed by atoms with E-state index in [1.165, 1.54) is 17.0 Å². The van der Waals surface area contributed by atoms with Gasteiger partial charge in [0.15, 0.2) is 0 Å². The summed E-state index contributed by atoms with van der Waals surface area (Å²) in [6.07, 6.45) is 1.40. The van der Waals surface area contributed by atoms with Crippen LogP contribution in [0.15, 0.2) is 0 Å². The molecular weight excluding hydrogens is 99.0 g/mol. The van der Waals surface area contributed by atoms with Gasteiger partial charge in [-0.05, 0) is 0 Å². The van der Waals surface area contributed by atoms with Crippen LogP contribution >= 0.6 is 0 Å². The minimum atomic E-state index is -0.181. The first-order valence-electron chi connectivity index (χ1n) is 3.31. The highest BCUT2D eigenvalue weighted by Crippen LogP contribution is 1.99. The molecule has 0 saturated heterocycles. The van der Waals surface area contributed by atoms with Gasteiger partial charge in [-0.25, -0.2) is 0 Å². The number of rotatable bonds is 3. The Morgan fingerprint density at radius 2 is 1.86 bits per heavy atom. The second kappa shape index (κ2) is 4.69. The highest BCUT2D eigenvalue weighted by molar-refractivity contribution is 6.57. The van der Waals surface area contributed by atoms with E-state index in [4.69, 9.17) is 0 Å². The molecule has 0 saturated carbocycles. The van der Waals surface area contributed by atoms with E-state index in [0.29, 0.717) is 0 Å². The van der Waals surface area contributed by atoms with Crippen LogP contribution in [0.1, 0.15) is 20.3 Å². The van der Waals surface area contributed by atoms with Crippen molar-refractivity contribution in [1.82, 2.24) is 0 Å². The summed E-state index contributed by atoms with van der Waals surface area (Å²) < 4.78 is 0. The summed E-state index contributed by atoms with van der Waals surface area (Å²) in [5.41, 5.74) is 0. The van der Waals surface area contributed by atoms with Crippen LogP contribution in [0.4, 0.5) is 0 Å². The van der Waals surface area contributed by atoms with Gasteiger partial charge in [0.05, 0.1) is 0 Å². The quantitative estimate of drug-likeness (QED) is 0.494. The average Bonchev–Trinajstić information content (AvgIpc) is 1.68. The Balaban J connectivity index is 2.83. The maximum atomic E-state index is 2.45. The van der Waals surface area contributed by atoms with Gasteiger partial charge in [0.1, 0.15) is 0 Å². The Bertz CT molecular complexity index is 35.2. The van der Waals surface area contributed by atoms with Gasteiger partial charge in [-0.2, -0.15) is 0 Å². The van der Waals surface area contributed by atoms with Crippen molar-refractivity contribution in [3.63, 3.8) is 0 Å². The second-order valence-corrected chi connectivity index (χ2v) is 5.91. The fourth-order valence-corrected chi connectivity index (χ4v) is 2.09. The number of hydrogen-bond acceptors (Lipinski definition) is 0. The van der Waals surface area contributed by atoms with E-state index in [1.807, 2.05) is 0 Å². The molecule has 0 radical (unpaired) electrons. The monoisotopic (exact) mass is 114 g/mol. The zero-order valence-electron chi connectivity index (χ0n) is 5.70. The van der Waals surface area contributed by atoms with Crippen LogP contribution in [0.5, 0.6) is 0 Å². The largest absolute Gasteiger partial charge is 0.258 e. The second-order valence-electron chi connectivity index (χ2n) is 2.30. The molecule has 0 nitrogen and oxygen atoms in total. The lowest BCUT2D eigenvalue weighted by Gasteiger charge is -1.95. The summed E-state index contributed by atoms with van der Waals surface area (Å²) in [5, 5.41) is 3.02. The molecule has 0 amide bonds. The van der Waals surface area contributed by atoms with E-state index in [0.717, 1.165) is 0 Å². The van der Waals surface area contributed by atoms with Crippen molar-refractivity contribution in [2.45, 2.75) is 36.6 Å². The molecule has 0 heterocycles. The van der Waals surface area contributed by atoms with Gasteiger partial charge < -0.3 is 0 Å². The Kier molecular flexibility index (Phi) is 5.04. The molecule has 7 heavy (non-hydrogen) atoms. The van der Waals surface area contributed by atoms with Crippen molar-refractivity contribution in [3.8, 4) is 0 Å². The maximum absolute atomic E-state index is 2.45. The predicted octanol–water partition coefficient (Wildman–Crippen LogP) is 2.54. The first-order valence-corrected chi connectivity index (χ1v) is 6.10. The Morgan fingerprint density at radius 1 is 1.29 bits per heavy atom. The van der Waals surface area contributed by atoms with Crippen molar-refractivity contribution in [2.75, 3.05) is 0 Å². The van der Waals surface area contributed by atoms with E-state index in [-0.39, 0.29) is 14.1 Å². The molecule has 0 atom stereocenters. The molecule has 0 bridgehead atoms. The van der Waals surface area contributed by atoms with Crippen LogP contribution in [0.2, 0.25) is 16.4 Å². The Labute approximate surface area is 51.3 Å². The highest BCUT2D eigenvalue weighted by atomic mass is 27.2. The molecule has 0 rings (SSSR count). The fraction of sp³-hybridized carbons (Fsp3) is 1.00. The molecule has 0 aromatic carbocycles. The first-order chi connectivity index (χ1) is 3.31. The summed E-state index contributed by atoms with van der Waals surface area (Å²) >= 11 is -0.181. The fourth-order valence-electron chi connectivity index (χ4n) is 0.697. The standard InChI is InChI=1S/C3H7.C2H5.CH3.Al/c1-3-2;1-2;;/h1,3H2,2H3;1H2,2H3;1H3;. The van der Waals surface area contributed by atoms with Crippen LogP contribution in [0.25, 0.3) is 0 Å². The third-order valence-corrected chi connectivity index (χ3v) is 4.44. The normalized spacial score (nSPS) is 9.00. The van der Waals surface area contributed by atoms with Gasteiger partial charge in [-0.15, -0.1) is 5.79 Å². The molecule has 0 unspecified atom stereocenters. The molecule has 0 aliphatic carbocycles. The van der Waals surface area contributed by atoms with Gasteiger partial charge in [-0.1, -0.05) is 30.8 Å². The van der Waals surface area contributed by atoms with Crippen LogP contribution in [0.3, 0.4) is 0 Å². The average molecular weight is 114 g/mol. The third kappa shape index (κ3) is 4.38. The summed E-state index contributed by atoms with van der Waals surface area (Å²) in [7, 11) is 0. The lowest BCUT2D eigenvalue weighted by atomic mass is 10.6. The summed E-state index contributed by atoms with van der Waals surface area (Å²) in [6.45, 7) is 4.59. The predicted molar refractivity (Wildman–Crippen MR) is 37.2 cm³/mol. The molecular formula is C6H15Al. The summed E-state index contributed by atoms with van der Waals surface area (Å²) in [5.74, 6) is 2.45. The van der Waals surface area contributed by atoms with Crippen molar-refractivity contribution >= 4 is 14.1 Å². The smallest absolute Gasteiger partial charge is 0.106 e. The van der Waals surface area contributed by atoms with Gasteiger partial charge >= 0.3 is 0 Å². The molecule has 0 aromatic heterocycles. The molecule has 0 fully saturated rings. The zero-order valence-corrected chi connectivity index (χ0v) is 6.85.